The number of pyridine rings is 3. The lowest BCUT2D eigenvalue weighted by molar-refractivity contribution is -0.139. The zero-order valence-corrected chi connectivity index (χ0v) is 34.2. The van der Waals surface area contributed by atoms with Crippen molar-refractivity contribution in [2.75, 3.05) is 0 Å². The van der Waals surface area contributed by atoms with E-state index in [1.807, 2.05) is 18.2 Å². The zero-order valence-electron chi connectivity index (χ0n) is 31.9. The summed E-state index contributed by atoms with van der Waals surface area (Å²) in [6.45, 7) is 0. The number of benzene rings is 4. The first-order valence-electron chi connectivity index (χ1n) is 18.3. The summed E-state index contributed by atoms with van der Waals surface area (Å²) < 4.78 is 0.854. The van der Waals surface area contributed by atoms with E-state index in [-0.39, 0.29) is 35.9 Å². The van der Waals surface area contributed by atoms with Crippen LogP contribution in [0.25, 0.3) is 32.7 Å². The Morgan fingerprint density at radius 2 is 1.00 bits per heavy atom. The average Bonchev–Trinajstić information content (AvgIpc) is 3.21. The molecule has 7 rings (SSSR count). The average molecular weight is 914 g/mol. The van der Waals surface area contributed by atoms with Crippen LogP contribution in [0.2, 0.25) is 5.02 Å². The Hall–Kier alpha value is -6.92. The highest BCUT2D eigenvalue weighted by molar-refractivity contribution is 9.10. The number of aliphatic carboxylic acids is 3. The van der Waals surface area contributed by atoms with Gasteiger partial charge in [-0.25, -0.2) is 4.79 Å². The van der Waals surface area contributed by atoms with Gasteiger partial charge in [0.1, 0.15) is 18.1 Å². The summed E-state index contributed by atoms with van der Waals surface area (Å²) in [4.78, 5) is 88.2. The number of fused-ring (bicyclic) bond motifs is 3. The summed E-state index contributed by atoms with van der Waals surface area (Å²) in [6.07, 6.45) is 0.241. The number of amides is 1. The van der Waals surface area contributed by atoms with Gasteiger partial charge in [-0.2, -0.15) is 0 Å². The number of hydrogen-bond acceptors (Lipinski definition) is 9. The number of carboxylic acid groups (broad SMARTS) is 3. The SMILES string of the molecule is NC(Cc1cc(=O)[nH]c2ccc(Br)cc12)C(=O)O.NC(Cc1cc(=O)[nH]c2ccccc12)C(=O)O.O=C(NC(Cc1cc(=O)[nH]c2ccccc12)C(=O)O)c1ccc(Cl)cc1. The standard InChI is InChI=1S/C19H15ClN2O4.C12H11BrN2O3.C12H12N2O3/c20-13-7-5-11(6-8-13)18(24)22-16(19(25)26)9-12-10-17(23)21-15-4-2-1-3-14(12)15;13-7-1-2-10-8(5-7)6(4-11(16)15-10)3-9(14)12(17)18;13-9(12(16)17)5-7-6-11(15)14-10-4-2-1-3-8(7)10/h1-8,10,16H,9H2,(H,21,23)(H,22,24)(H,25,26);1-2,4-5,9H,3,14H2,(H,15,16)(H,17,18);1-4,6,9H,5,13H2,(H,14,15)(H,16,17). The summed E-state index contributed by atoms with van der Waals surface area (Å²) in [5, 5.41) is 32.4. The molecule has 0 aliphatic heterocycles. The lowest BCUT2D eigenvalue weighted by atomic mass is 10.0. The van der Waals surface area contributed by atoms with E-state index in [0.717, 1.165) is 20.6 Å². The van der Waals surface area contributed by atoms with Gasteiger partial charge in [-0.05, 0) is 84.1 Å². The molecule has 1 amide bonds. The highest BCUT2D eigenvalue weighted by Crippen LogP contribution is 2.22. The van der Waals surface area contributed by atoms with E-state index < -0.39 is 41.9 Å². The van der Waals surface area contributed by atoms with Gasteiger partial charge in [-0.15, -0.1) is 0 Å². The molecule has 16 nitrogen and oxygen atoms in total. The number of halogens is 2. The molecule has 3 unspecified atom stereocenters. The molecule has 11 N–H and O–H groups in total. The fourth-order valence-corrected chi connectivity index (χ4v) is 6.75. The van der Waals surface area contributed by atoms with E-state index in [4.69, 9.17) is 33.3 Å². The molecule has 0 saturated heterocycles. The first-order chi connectivity index (χ1) is 29.0. The molecule has 3 atom stereocenters. The number of carboxylic acids is 3. The highest BCUT2D eigenvalue weighted by Gasteiger charge is 2.23. The van der Waals surface area contributed by atoms with Crippen LogP contribution in [0, 0.1) is 0 Å². The number of nitrogens with two attached hydrogens (primary N) is 2. The quantitative estimate of drug-likeness (QED) is 0.0877. The fraction of sp³-hybridized carbons (Fsp3) is 0.140. The van der Waals surface area contributed by atoms with Crippen molar-refractivity contribution in [3.05, 3.63) is 172 Å². The number of nitrogens with one attached hydrogen (secondary N) is 4. The molecular weight excluding hydrogens is 876 g/mol. The Labute approximate surface area is 358 Å². The maximum atomic E-state index is 12.3. The molecule has 61 heavy (non-hydrogen) atoms. The molecule has 7 aromatic rings. The molecule has 0 bridgehead atoms. The van der Waals surface area contributed by atoms with Crippen LogP contribution in [-0.4, -0.2) is 72.2 Å². The predicted molar refractivity (Wildman–Crippen MR) is 234 cm³/mol. The number of hydrogen-bond donors (Lipinski definition) is 9. The molecule has 0 spiro atoms. The minimum absolute atomic E-state index is 0.0148. The normalized spacial score (nSPS) is 12.3. The van der Waals surface area contributed by atoms with Crippen LogP contribution in [0.15, 0.2) is 128 Å². The predicted octanol–water partition coefficient (Wildman–Crippen LogP) is 4.33. The number of carbonyl (C=O) groups is 4. The summed E-state index contributed by atoms with van der Waals surface area (Å²) >= 11 is 9.13. The molecule has 0 aliphatic carbocycles. The van der Waals surface area contributed by atoms with Crippen molar-refractivity contribution in [1.29, 1.82) is 0 Å². The summed E-state index contributed by atoms with van der Waals surface area (Å²) in [6, 6.07) is 26.8. The van der Waals surface area contributed by atoms with E-state index in [0.29, 0.717) is 43.8 Å². The monoisotopic (exact) mass is 912 g/mol. The van der Waals surface area contributed by atoms with Gasteiger partial charge in [0.05, 0.1) is 0 Å². The van der Waals surface area contributed by atoms with Crippen LogP contribution in [-0.2, 0) is 33.6 Å². The summed E-state index contributed by atoms with van der Waals surface area (Å²) in [7, 11) is 0. The molecular formula is C43H38BrClN6O10. The van der Waals surface area contributed by atoms with Crippen LogP contribution in [0.1, 0.15) is 27.0 Å². The number of aromatic amines is 3. The Morgan fingerprint density at radius 1 is 0.574 bits per heavy atom. The fourth-order valence-electron chi connectivity index (χ4n) is 6.27. The second kappa shape index (κ2) is 20.4. The van der Waals surface area contributed by atoms with Crippen LogP contribution >= 0.6 is 27.5 Å². The third-order valence-corrected chi connectivity index (χ3v) is 9.96. The minimum Gasteiger partial charge on any atom is -0.480 e. The number of rotatable bonds is 11. The minimum atomic E-state index is -1.18. The van der Waals surface area contributed by atoms with Crippen LogP contribution in [0.5, 0.6) is 0 Å². The van der Waals surface area contributed by atoms with Crippen molar-refractivity contribution >= 4 is 84.1 Å². The number of aromatic nitrogens is 3. The van der Waals surface area contributed by atoms with Crippen molar-refractivity contribution in [1.82, 2.24) is 20.3 Å². The summed E-state index contributed by atoms with van der Waals surface area (Å²) in [5.41, 5.74) is 14.2. The largest absolute Gasteiger partial charge is 0.480 e. The first kappa shape index (κ1) is 45.2. The van der Waals surface area contributed by atoms with Gasteiger partial charge < -0.3 is 47.1 Å². The lowest BCUT2D eigenvalue weighted by Crippen LogP contribution is -2.42. The molecule has 0 fully saturated rings. The molecule has 314 valence electrons. The highest BCUT2D eigenvalue weighted by atomic mass is 79.9. The molecule has 3 aromatic heterocycles. The lowest BCUT2D eigenvalue weighted by Gasteiger charge is -2.16. The molecule has 0 saturated carbocycles. The van der Waals surface area contributed by atoms with Gasteiger partial charge in [-0.3, -0.25) is 28.8 Å². The Kier molecular flexibility index (Phi) is 15.1. The molecule has 0 aliphatic rings. The van der Waals surface area contributed by atoms with E-state index in [9.17, 15) is 38.7 Å². The Morgan fingerprint density at radius 3 is 1.46 bits per heavy atom. The van der Waals surface area contributed by atoms with Gasteiger partial charge in [0.2, 0.25) is 16.7 Å². The Bertz CT molecular complexity index is 2930. The van der Waals surface area contributed by atoms with E-state index >= 15 is 0 Å². The molecule has 4 aromatic carbocycles. The maximum Gasteiger partial charge on any atom is 0.326 e. The topological polar surface area (TPSA) is 292 Å². The number of H-pyrrole nitrogens is 3. The maximum absolute atomic E-state index is 12.3. The molecule has 0 radical (unpaired) electrons. The van der Waals surface area contributed by atoms with Gasteiger partial charge >= 0.3 is 17.9 Å². The van der Waals surface area contributed by atoms with Crippen molar-refractivity contribution in [3.8, 4) is 0 Å². The van der Waals surface area contributed by atoms with E-state index in [2.05, 4.69) is 36.2 Å². The van der Waals surface area contributed by atoms with Gasteiger partial charge in [0.15, 0.2) is 0 Å². The van der Waals surface area contributed by atoms with Crippen LogP contribution < -0.4 is 33.5 Å². The van der Waals surface area contributed by atoms with Gasteiger partial charge in [0.25, 0.3) is 5.91 Å². The van der Waals surface area contributed by atoms with Crippen LogP contribution in [0.3, 0.4) is 0 Å². The van der Waals surface area contributed by atoms with Crippen molar-refractivity contribution < 1.29 is 34.5 Å². The summed E-state index contributed by atoms with van der Waals surface area (Å²) in [5.74, 6) is -3.87. The van der Waals surface area contributed by atoms with E-state index in [1.54, 1.807) is 60.7 Å². The molecule has 3 heterocycles. The van der Waals surface area contributed by atoms with Crippen LogP contribution in [0.4, 0.5) is 0 Å². The first-order valence-corrected chi connectivity index (χ1v) is 19.5. The van der Waals surface area contributed by atoms with Gasteiger partial charge in [-0.1, -0.05) is 63.9 Å². The van der Waals surface area contributed by atoms with Crippen molar-refractivity contribution in [2.45, 2.75) is 37.4 Å². The number of para-hydroxylation sites is 2. The third kappa shape index (κ3) is 12.3. The van der Waals surface area contributed by atoms with Crippen molar-refractivity contribution in [2.24, 2.45) is 11.5 Å². The smallest absolute Gasteiger partial charge is 0.326 e. The second-order valence-electron chi connectivity index (χ2n) is 13.6. The van der Waals surface area contributed by atoms with Crippen molar-refractivity contribution in [3.63, 3.8) is 0 Å². The van der Waals surface area contributed by atoms with Gasteiger partial charge in [0, 0.05) is 72.4 Å². The second-order valence-corrected chi connectivity index (χ2v) is 15.0. The third-order valence-electron chi connectivity index (χ3n) is 9.21. The number of carbonyl (C=O) groups excluding carboxylic acids is 1. The van der Waals surface area contributed by atoms with E-state index in [1.165, 1.54) is 30.3 Å². The Balaban J connectivity index is 0.000000179. The zero-order chi connectivity index (χ0) is 44.4. The molecule has 18 heteroatoms.